The van der Waals surface area contributed by atoms with Gasteiger partial charge in [0.2, 0.25) is 5.82 Å². The second-order valence-electron chi connectivity index (χ2n) is 6.41. The molecule has 1 atom stereocenters. The predicted molar refractivity (Wildman–Crippen MR) is 102 cm³/mol. The van der Waals surface area contributed by atoms with Gasteiger partial charge in [-0.25, -0.2) is 0 Å². The van der Waals surface area contributed by atoms with E-state index in [1.54, 1.807) is 6.26 Å². The Hall–Kier alpha value is -3.18. The lowest BCUT2D eigenvalue weighted by molar-refractivity contribution is -0.706. The summed E-state index contributed by atoms with van der Waals surface area (Å²) >= 11 is 0. The van der Waals surface area contributed by atoms with Crippen molar-refractivity contribution in [2.45, 2.75) is 25.9 Å². The van der Waals surface area contributed by atoms with Gasteiger partial charge in [-0.1, -0.05) is 66.7 Å². The van der Waals surface area contributed by atoms with Crippen molar-refractivity contribution in [1.82, 2.24) is 10.1 Å². The number of rotatable bonds is 7. The van der Waals surface area contributed by atoms with Gasteiger partial charge in [0.05, 0.1) is 6.26 Å². The fourth-order valence-electron chi connectivity index (χ4n) is 3.11. The minimum Gasteiger partial charge on any atom is -0.463 e. The predicted octanol–water partition coefficient (Wildman–Crippen LogP) is 3.75. The highest BCUT2D eigenvalue weighted by molar-refractivity contribution is 5.54. The number of furan rings is 1. The number of benzene rings is 2. The number of nitrogens with zero attached hydrogens (tertiary/aromatic N) is 2. The maximum atomic E-state index is 5.64. The number of aryl methyl sites for hydroxylation is 1. The van der Waals surface area contributed by atoms with E-state index >= 15 is 0 Å². The van der Waals surface area contributed by atoms with Crippen molar-refractivity contribution in [3.8, 4) is 11.4 Å². The third kappa shape index (κ3) is 3.99. The molecule has 0 unspecified atom stereocenters. The fourth-order valence-corrected chi connectivity index (χ4v) is 3.11. The molecule has 0 aliphatic carbocycles. The van der Waals surface area contributed by atoms with Gasteiger partial charge in [0.1, 0.15) is 0 Å². The van der Waals surface area contributed by atoms with Gasteiger partial charge >= 0.3 is 0 Å². The summed E-state index contributed by atoms with van der Waals surface area (Å²) in [5.74, 6) is 2.11. The maximum Gasteiger partial charge on any atom is 0.282 e. The quantitative estimate of drug-likeness (QED) is 0.545. The minimum absolute atomic E-state index is 0.0420. The van der Waals surface area contributed by atoms with Crippen LogP contribution in [0.1, 0.15) is 35.7 Å². The molecule has 2 aromatic heterocycles. The Morgan fingerprint density at radius 1 is 0.963 bits per heavy atom. The summed E-state index contributed by atoms with van der Waals surface area (Å²) in [5, 5.41) is 6.27. The van der Waals surface area contributed by atoms with E-state index in [0.717, 1.165) is 17.7 Å². The van der Waals surface area contributed by atoms with E-state index in [2.05, 4.69) is 46.6 Å². The van der Waals surface area contributed by atoms with Gasteiger partial charge in [0.15, 0.2) is 18.3 Å². The van der Waals surface area contributed by atoms with Crippen molar-refractivity contribution < 1.29 is 14.3 Å². The molecule has 0 aliphatic heterocycles. The lowest BCUT2D eigenvalue weighted by atomic mass is 10.0. The molecule has 2 aromatic carbocycles. The topological polar surface area (TPSA) is 68.7 Å². The summed E-state index contributed by atoms with van der Waals surface area (Å²) in [6, 6.07) is 22.5. The van der Waals surface area contributed by atoms with E-state index < -0.39 is 0 Å². The van der Waals surface area contributed by atoms with Crippen LogP contribution < -0.4 is 5.32 Å². The molecule has 4 rings (SSSR count). The highest BCUT2D eigenvalue weighted by Crippen LogP contribution is 2.19. The van der Waals surface area contributed by atoms with Crippen LogP contribution in [0.5, 0.6) is 0 Å². The molecule has 4 aromatic rings. The van der Waals surface area contributed by atoms with Crippen molar-refractivity contribution in [2.24, 2.45) is 0 Å². The first kappa shape index (κ1) is 17.2. The summed E-state index contributed by atoms with van der Waals surface area (Å²) in [4.78, 5) is 4.54. The third-order valence-electron chi connectivity index (χ3n) is 4.63. The second-order valence-corrected chi connectivity index (χ2v) is 6.41. The van der Waals surface area contributed by atoms with Crippen LogP contribution in [0.15, 0.2) is 81.9 Å². The van der Waals surface area contributed by atoms with Gasteiger partial charge in [-0.05, 0) is 24.1 Å². The van der Waals surface area contributed by atoms with Crippen molar-refractivity contribution in [3.63, 3.8) is 0 Å². The average molecular weight is 360 g/mol. The van der Waals surface area contributed by atoms with Gasteiger partial charge in [-0.3, -0.25) is 0 Å². The molecule has 0 saturated carbocycles. The molecule has 27 heavy (non-hydrogen) atoms. The number of hydrogen-bond donors (Lipinski definition) is 1. The summed E-state index contributed by atoms with van der Waals surface area (Å²) < 4.78 is 11.1. The molecule has 0 saturated heterocycles. The number of nitrogens with two attached hydrogens (primary N) is 1. The van der Waals surface area contributed by atoms with Gasteiger partial charge in [0, 0.05) is 11.1 Å². The van der Waals surface area contributed by atoms with Crippen molar-refractivity contribution in [1.29, 1.82) is 0 Å². The standard InChI is InChI=1S/C22H21N3O2/c1-2-16-10-12-18(13-11-16)22-24-20(27-25-22)15-23-21(19-9-6-14-26-19)17-7-4-3-5-8-17/h3-14,21,23H,2,15H2,1H3/p+1/t21-/m0/s1. The number of hydrogen-bond acceptors (Lipinski definition) is 4. The molecule has 2 heterocycles. The molecule has 0 fully saturated rings. The Morgan fingerprint density at radius 3 is 2.48 bits per heavy atom. The molecule has 2 N–H and O–H groups in total. The van der Waals surface area contributed by atoms with E-state index in [9.17, 15) is 0 Å². The van der Waals surface area contributed by atoms with Gasteiger partial charge in [0.25, 0.3) is 5.89 Å². The van der Waals surface area contributed by atoms with E-state index in [-0.39, 0.29) is 6.04 Å². The zero-order valence-corrected chi connectivity index (χ0v) is 15.2. The Balaban J connectivity index is 1.49. The number of aromatic nitrogens is 2. The molecule has 136 valence electrons. The fraction of sp³-hybridized carbons (Fsp3) is 0.182. The van der Waals surface area contributed by atoms with Crippen LogP contribution in [0.4, 0.5) is 0 Å². The Labute approximate surface area is 158 Å². The minimum atomic E-state index is 0.0420. The zero-order chi connectivity index (χ0) is 18.5. The molecule has 0 amide bonds. The second kappa shape index (κ2) is 8.01. The molecule has 5 heteroatoms. The first-order valence-corrected chi connectivity index (χ1v) is 9.17. The average Bonchev–Trinajstić information content (AvgIpc) is 3.42. The Bertz CT molecular complexity index is 960. The summed E-state index contributed by atoms with van der Waals surface area (Å²) in [6.45, 7) is 2.71. The molecule has 0 spiro atoms. The first-order valence-electron chi connectivity index (χ1n) is 9.17. The lowest BCUT2D eigenvalue weighted by Gasteiger charge is -2.12. The first-order chi connectivity index (χ1) is 13.3. The largest absolute Gasteiger partial charge is 0.463 e. The SMILES string of the molecule is CCc1ccc(-c2noc(C[NH2+][C@@H](c3ccccc3)c3ccco3)n2)cc1. The van der Waals surface area contributed by atoms with Crippen molar-refractivity contribution >= 4 is 0 Å². The van der Waals surface area contributed by atoms with Crippen molar-refractivity contribution in [2.75, 3.05) is 0 Å². The highest BCUT2D eigenvalue weighted by Gasteiger charge is 2.21. The Morgan fingerprint density at radius 2 is 1.78 bits per heavy atom. The molecular formula is C22H22N3O2+. The van der Waals surface area contributed by atoms with Crippen LogP contribution in [0.25, 0.3) is 11.4 Å². The van der Waals surface area contributed by atoms with Gasteiger partial charge in [-0.15, -0.1) is 0 Å². The van der Waals surface area contributed by atoms with E-state index in [4.69, 9.17) is 8.94 Å². The van der Waals surface area contributed by atoms with Gasteiger partial charge in [-0.2, -0.15) is 4.98 Å². The van der Waals surface area contributed by atoms with Crippen LogP contribution in [-0.4, -0.2) is 10.1 Å². The Kier molecular flexibility index (Phi) is 5.12. The van der Waals surface area contributed by atoms with E-state index in [0.29, 0.717) is 18.3 Å². The van der Waals surface area contributed by atoms with E-state index in [1.807, 2.05) is 42.5 Å². The van der Waals surface area contributed by atoms with Crippen LogP contribution in [0, 0.1) is 0 Å². The summed E-state index contributed by atoms with van der Waals surface area (Å²) in [5.41, 5.74) is 3.43. The van der Waals surface area contributed by atoms with Gasteiger partial charge < -0.3 is 14.3 Å². The zero-order valence-electron chi connectivity index (χ0n) is 15.2. The molecule has 5 nitrogen and oxygen atoms in total. The van der Waals surface area contributed by atoms with Crippen LogP contribution in [-0.2, 0) is 13.0 Å². The summed E-state index contributed by atoms with van der Waals surface area (Å²) in [6.07, 6.45) is 2.71. The smallest absolute Gasteiger partial charge is 0.282 e. The molecular weight excluding hydrogens is 338 g/mol. The third-order valence-corrected chi connectivity index (χ3v) is 4.63. The van der Waals surface area contributed by atoms with Crippen molar-refractivity contribution in [3.05, 3.63) is 95.8 Å². The monoisotopic (exact) mass is 360 g/mol. The van der Waals surface area contributed by atoms with Crippen LogP contribution >= 0.6 is 0 Å². The van der Waals surface area contributed by atoms with Crippen LogP contribution in [0.3, 0.4) is 0 Å². The normalized spacial score (nSPS) is 12.2. The van der Waals surface area contributed by atoms with Crippen LogP contribution in [0.2, 0.25) is 0 Å². The highest BCUT2D eigenvalue weighted by atomic mass is 16.5. The van der Waals surface area contributed by atoms with E-state index in [1.165, 1.54) is 11.1 Å². The lowest BCUT2D eigenvalue weighted by Crippen LogP contribution is -2.83. The molecule has 0 aliphatic rings. The summed E-state index contributed by atoms with van der Waals surface area (Å²) in [7, 11) is 0. The maximum absolute atomic E-state index is 5.64. The number of quaternary nitrogens is 1. The molecule has 0 radical (unpaired) electrons. The molecule has 0 bridgehead atoms.